The van der Waals surface area contributed by atoms with Crippen molar-refractivity contribution in [2.24, 2.45) is 0 Å². The number of urea groups is 1. The van der Waals surface area contributed by atoms with E-state index in [1.165, 1.54) is 0 Å². The van der Waals surface area contributed by atoms with Gasteiger partial charge in [-0.15, -0.1) is 0 Å². The largest absolute Gasteiger partial charge is 0.444 e. The Morgan fingerprint density at radius 1 is 1.24 bits per heavy atom. The first-order valence-corrected chi connectivity index (χ1v) is 10.2. The zero-order valence-electron chi connectivity index (χ0n) is 17.4. The first-order valence-electron chi connectivity index (χ1n) is 10.2. The zero-order chi connectivity index (χ0) is 21.0. The fourth-order valence-electron chi connectivity index (χ4n) is 3.69. The van der Waals surface area contributed by atoms with Gasteiger partial charge in [0.05, 0.1) is 0 Å². The molecule has 2 aliphatic rings. The van der Waals surface area contributed by atoms with Crippen LogP contribution in [-0.4, -0.2) is 60.8 Å². The van der Waals surface area contributed by atoms with Gasteiger partial charge in [-0.3, -0.25) is 9.69 Å². The smallest absolute Gasteiger partial charge is 0.407 e. The molecule has 0 aromatic heterocycles. The number of piperidine rings is 1. The second-order valence-electron chi connectivity index (χ2n) is 8.46. The highest BCUT2D eigenvalue weighted by Gasteiger charge is 2.29. The minimum Gasteiger partial charge on any atom is -0.444 e. The summed E-state index contributed by atoms with van der Waals surface area (Å²) in [4.78, 5) is 40.6. The fraction of sp³-hybridized carbons (Fsp3) is 0.571. The van der Waals surface area contributed by atoms with E-state index in [9.17, 15) is 14.4 Å². The van der Waals surface area contributed by atoms with Gasteiger partial charge in [0, 0.05) is 43.5 Å². The van der Waals surface area contributed by atoms with E-state index in [1.807, 2.05) is 31.7 Å². The summed E-state index contributed by atoms with van der Waals surface area (Å²) in [6, 6.07) is 6.94. The predicted octanol–water partition coefficient (Wildman–Crippen LogP) is 2.74. The maximum atomic E-state index is 13.2. The molecule has 2 fully saturated rings. The number of hydrogen-bond donors (Lipinski definition) is 2. The van der Waals surface area contributed by atoms with Crippen molar-refractivity contribution in [3.63, 3.8) is 0 Å². The average molecular weight is 402 g/mol. The Bertz CT molecular complexity index is 774. The third kappa shape index (κ3) is 5.40. The van der Waals surface area contributed by atoms with E-state index in [2.05, 4.69) is 10.6 Å². The van der Waals surface area contributed by atoms with Gasteiger partial charge in [-0.25, -0.2) is 9.59 Å². The Morgan fingerprint density at radius 3 is 2.72 bits per heavy atom. The van der Waals surface area contributed by atoms with E-state index in [1.54, 1.807) is 23.1 Å². The van der Waals surface area contributed by atoms with Crippen LogP contribution in [0, 0.1) is 0 Å². The van der Waals surface area contributed by atoms with Crippen molar-refractivity contribution in [3.05, 3.63) is 29.8 Å². The normalized spacial score (nSPS) is 19.7. The molecule has 8 heteroatoms. The lowest BCUT2D eigenvalue weighted by Crippen LogP contribution is -2.50. The Hall–Kier alpha value is -2.77. The molecular weight excluding hydrogens is 372 g/mol. The quantitative estimate of drug-likeness (QED) is 0.810. The van der Waals surface area contributed by atoms with Gasteiger partial charge in [-0.05, 0) is 58.2 Å². The third-order valence-corrected chi connectivity index (χ3v) is 5.03. The molecule has 158 valence electrons. The van der Waals surface area contributed by atoms with Gasteiger partial charge in [0.1, 0.15) is 5.60 Å². The van der Waals surface area contributed by atoms with Crippen LogP contribution >= 0.6 is 0 Å². The number of carbonyl (C=O) groups is 3. The Balaban J connectivity index is 1.68. The fourth-order valence-corrected chi connectivity index (χ4v) is 3.69. The number of amides is 4. The van der Waals surface area contributed by atoms with E-state index >= 15 is 0 Å². The van der Waals surface area contributed by atoms with Crippen LogP contribution in [0.3, 0.4) is 0 Å². The lowest BCUT2D eigenvalue weighted by atomic mass is 10.0. The summed E-state index contributed by atoms with van der Waals surface area (Å²) < 4.78 is 5.30. The van der Waals surface area contributed by atoms with Gasteiger partial charge in [0.15, 0.2) is 0 Å². The van der Waals surface area contributed by atoms with Crippen molar-refractivity contribution in [1.82, 2.24) is 15.5 Å². The number of benzene rings is 1. The standard InChI is InChI=1S/C21H30N4O4/c1-21(2,3)29-20(28)23-14-17-8-4-5-11-24(17)18(26)15-7-6-9-16(13-15)25-12-10-22-19(25)27/h6-7,9,13,17H,4-5,8,10-12,14H2,1-3H3,(H,22,27)(H,23,28). The highest BCUT2D eigenvalue weighted by atomic mass is 16.6. The van der Waals surface area contributed by atoms with Crippen LogP contribution in [0.15, 0.2) is 24.3 Å². The molecule has 2 heterocycles. The Labute approximate surface area is 171 Å². The molecule has 0 spiro atoms. The summed E-state index contributed by atoms with van der Waals surface area (Å²) in [6.45, 7) is 7.64. The van der Waals surface area contributed by atoms with E-state index in [0.29, 0.717) is 37.4 Å². The van der Waals surface area contributed by atoms with Crippen LogP contribution in [0.5, 0.6) is 0 Å². The summed E-state index contributed by atoms with van der Waals surface area (Å²) in [5.74, 6) is -0.0813. The molecule has 29 heavy (non-hydrogen) atoms. The molecular formula is C21H30N4O4. The molecule has 0 saturated carbocycles. The van der Waals surface area contributed by atoms with Crippen molar-refractivity contribution < 1.29 is 19.1 Å². The van der Waals surface area contributed by atoms with Crippen LogP contribution in [-0.2, 0) is 4.74 Å². The summed E-state index contributed by atoms with van der Waals surface area (Å²) >= 11 is 0. The van der Waals surface area contributed by atoms with Gasteiger partial charge in [0.25, 0.3) is 5.91 Å². The lowest BCUT2D eigenvalue weighted by Gasteiger charge is -2.36. The van der Waals surface area contributed by atoms with Crippen LogP contribution in [0.2, 0.25) is 0 Å². The molecule has 1 aromatic carbocycles. The van der Waals surface area contributed by atoms with Crippen molar-refractivity contribution in [2.75, 3.05) is 31.1 Å². The maximum absolute atomic E-state index is 13.2. The summed E-state index contributed by atoms with van der Waals surface area (Å²) in [6.07, 6.45) is 2.30. The number of nitrogens with zero attached hydrogens (tertiary/aromatic N) is 2. The minimum atomic E-state index is -0.561. The van der Waals surface area contributed by atoms with Gasteiger partial charge in [-0.2, -0.15) is 0 Å². The number of carbonyl (C=O) groups excluding carboxylic acids is 3. The van der Waals surface area contributed by atoms with E-state index in [-0.39, 0.29) is 18.0 Å². The van der Waals surface area contributed by atoms with Crippen LogP contribution in [0.25, 0.3) is 0 Å². The van der Waals surface area contributed by atoms with Gasteiger partial charge in [-0.1, -0.05) is 6.07 Å². The maximum Gasteiger partial charge on any atom is 0.407 e. The lowest BCUT2D eigenvalue weighted by molar-refractivity contribution is 0.0462. The van der Waals surface area contributed by atoms with Crippen molar-refractivity contribution in [2.45, 2.75) is 51.7 Å². The van der Waals surface area contributed by atoms with Crippen LogP contribution in [0.4, 0.5) is 15.3 Å². The number of nitrogens with one attached hydrogen (secondary N) is 2. The predicted molar refractivity (Wildman–Crippen MR) is 110 cm³/mol. The average Bonchev–Trinajstić information content (AvgIpc) is 3.11. The second-order valence-corrected chi connectivity index (χ2v) is 8.46. The van der Waals surface area contributed by atoms with E-state index < -0.39 is 11.7 Å². The molecule has 4 amide bonds. The van der Waals surface area contributed by atoms with Gasteiger partial charge >= 0.3 is 12.1 Å². The van der Waals surface area contributed by atoms with E-state index in [0.717, 1.165) is 19.3 Å². The first kappa shape index (κ1) is 21.0. The molecule has 2 saturated heterocycles. The van der Waals surface area contributed by atoms with Crippen LogP contribution < -0.4 is 15.5 Å². The van der Waals surface area contributed by atoms with Crippen molar-refractivity contribution >= 4 is 23.7 Å². The SMILES string of the molecule is CC(C)(C)OC(=O)NCC1CCCCN1C(=O)c1cccc(N2CCNC2=O)c1. The number of rotatable bonds is 4. The summed E-state index contributed by atoms with van der Waals surface area (Å²) in [5, 5.41) is 5.56. The Morgan fingerprint density at radius 2 is 2.03 bits per heavy atom. The van der Waals surface area contributed by atoms with E-state index in [4.69, 9.17) is 4.74 Å². The van der Waals surface area contributed by atoms with Gasteiger partial charge < -0.3 is 20.3 Å². The molecule has 0 radical (unpaired) electrons. The Kier molecular flexibility index (Phi) is 6.30. The van der Waals surface area contributed by atoms with Gasteiger partial charge in [0.2, 0.25) is 0 Å². The molecule has 0 aliphatic carbocycles. The molecule has 1 atom stereocenters. The topological polar surface area (TPSA) is 91.0 Å². The number of alkyl carbamates (subject to hydrolysis) is 1. The number of likely N-dealkylation sites (tertiary alicyclic amines) is 1. The molecule has 0 bridgehead atoms. The molecule has 1 unspecified atom stereocenters. The van der Waals surface area contributed by atoms with Crippen LogP contribution in [0.1, 0.15) is 50.4 Å². The second kappa shape index (κ2) is 8.71. The first-order chi connectivity index (χ1) is 13.7. The summed E-state index contributed by atoms with van der Waals surface area (Å²) in [5.41, 5.74) is 0.701. The zero-order valence-corrected chi connectivity index (χ0v) is 17.4. The third-order valence-electron chi connectivity index (χ3n) is 5.03. The monoisotopic (exact) mass is 402 g/mol. The molecule has 2 aliphatic heterocycles. The van der Waals surface area contributed by atoms with Crippen molar-refractivity contribution in [1.29, 1.82) is 0 Å². The molecule has 2 N–H and O–H groups in total. The highest BCUT2D eigenvalue weighted by Crippen LogP contribution is 2.23. The number of ether oxygens (including phenoxy) is 1. The highest BCUT2D eigenvalue weighted by molar-refractivity contribution is 5.98. The van der Waals surface area contributed by atoms with Crippen molar-refractivity contribution in [3.8, 4) is 0 Å². The molecule has 8 nitrogen and oxygen atoms in total. The minimum absolute atomic E-state index is 0.0810. The number of anilines is 1. The molecule has 3 rings (SSSR count). The summed E-state index contributed by atoms with van der Waals surface area (Å²) in [7, 11) is 0. The number of hydrogen-bond acceptors (Lipinski definition) is 4. The molecule has 1 aromatic rings.